The zero-order chi connectivity index (χ0) is 20.4. The molecule has 0 unspecified atom stereocenters. The van der Waals surface area contributed by atoms with Crippen LogP contribution >= 0.6 is 0 Å². The molecule has 0 aliphatic carbocycles. The number of aromatic amines is 1. The van der Waals surface area contributed by atoms with Crippen LogP contribution < -0.4 is 5.32 Å². The van der Waals surface area contributed by atoms with Gasteiger partial charge >= 0.3 is 0 Å². The second kappa shape index (κ2) is 7.91. The summed E-state index contributed by atoms with van der Waals surface area (Å²) in [6.45, 7) is 2.84. The van der Waals surface area contributed by atoms with Crippen LogP contribution in [0.2, 0.25) is 0 Å². The molecular weight excluding hydrogens is 394 g/mol. The summed E-state index contributed by atoms with van der Waals surface area (Å²) >= 11 is 0. The number of amides is 1. The minimum Gasteiger partial charge on any atom is -0.345 e. The van der Waals surface area contributed by atoms with Crippen molar-refractivity contribution in [3.63, 3.8) is 0 Å². The van der Waals surface area contributed by atoms with Gasteiger partial charge in [0.1, 0.15) is 0 Å². The number of carbonyl (C=O) groups excluding carboxylic acids is 1. The number of hydrogen-bond donors (Lipinski definition) is 2. The zero-order valence-electron chi connectivity index (χ0n) is 16.1. The molecule has 1 amide bonds. The van der Waals surface area contributed by atoms with Gasteiger partial charge in [-0.2, -0.15) is 9.40 Å². The second-order valence-corrected chi connectivity index (χ2v) is 9.11. The van der Waals surface area contributed by atoms with Crippen molar-refractivity contribution in [1.82, 2.24) is 34.2 Å². The molecule has 3 aromatic heterocycles. The maximum absolute atomic E-state index is 12.7. The van der Waals surface area contributed by atoms with E-state index in [2.05, 4.69) is 25.5 Å². The van der Waals surface area contributed by atoms with Crippen LogP contribution in [0.3, 0.4) is 0 Å². The standard InChI is InChI=1S/C18H23N7O3S/c1-2-3-8-29(27,28)24-6-4-14-15(12-24)22-23-17(14)18(26)21-10-13-9-20-16-11-19-5-7-25(13)16/h5,7,9,11H,2-4,6,8,10,12H2,1H3,(H,21,26)(H,22,23). The quantitative estimate of drug-likeness (QED) is 0.588. The number of rotatable bonds is 7. The third kappa shape index (κ3) is 3.87. The Labute approximate surface area is 168 Å². The first-order valence-electron chi connectivity index (χ1n) is 9.57. The van der Waals surface area contributed by atoms with Crippen LogP contribution in [0.1, 0.15) is 47.2 Å². The molecule has 0 spiro atoms. The Hall–Kier alpha value is -2.79. The van der Waals surface area contributed by atoms with Crippen molar-refractivity contribution in [3.05, 3.63) is 47.4 Å². The fraction of sp³-hybridized carbons (Fsp3) is 0.444. The number of unbranched alkanes of at least 4 members (excludes halogenated alkanes) is 1. The number of aromatic nitrogens is 5. The summed E-state index contributed by atoms with van der Waals surface area (Å²) in [4.78, 5) is 20.9. The molecule has 4 heterocycles. The molecule has 1 aliphatic heterocycles. The van der Waals surface area contributed by atoms with Crippen LogP contribution in [0.15, 0.2) is 24.8 Å². The number of sulfonamides is 1. The van der Waals surface area contributed by atoms with Gasteiger partial charge in [0.25, 0.3) is 5.91 Å². The summed E-state index contributed by atoms with van der Waals surface area (Å²) < 4.78 is 28.2. The molecule has 4 rings (SSSR count). The molecule has 11 heteroatoms. The van der Waals surface area contributed by atoms with Crippen molar-refractivity contribution in [2.45, 2.75) is 39.3 Å². The minimum absolute atomic E-state index is 0.148. The SMILES string of the molecule is CCCCS(=O)(=O)N1CCc2c(C(=O)NCc3cnc4cnccn34)n[nH]c2C1. The monoisotopic (exact) mass is 417 g/mol. The Bertz CT molecular complexity index is 1140. The smallest absolute Gasteiger partial charge is 0.272 e. The topological polar surface area (TPSA) is 125 Å². The van der Waals surface area contributed by atoms with E-state index in [1.54, 1.807) is 24.8 Å². The van der Waals surface area contributed by atoms with Crippen LogP contribution in [0.4, 0.5) is 0 Å². The molecule has 10 nitrogen and oxygen atoms in total. The molecule has 0 radical (unpaired) electrons. The zero-order valence-corrected chi connectivity index (χ0v) is 16.9. The van der Waals surface area contributed by atoms with E-state index < -0.39 is 10.0 Å². The number of H-pyrrole nitrogens is 1. The van der Waals surface area contributed by atoms with E-state index in [4.69, 9.17) is 0 Å². The highest BCUT2D eigenvalue weighted by Crippen LogP contribution is 2.23. The first-order chi connectivity index (χ1) is 14.0. The Kier molecular flexibility index (Phi) is 5.33. The van der Waals surface area contributed by atoms with Crippen molar-refractivity contribution in [2.75, 3.05) is 12.3 Å². The average molecular weight is 417 g/mol. The van der Waals surface area contributed by atoms with Crippen molar-refractivity contribution < 1.29 is 13.2 Å². The summed E-state index contributed by atoms with van der Waals surface area (Å²) in [5, 5.41) is 9.86. The molecular formula is C18H23N7O3S. The number of nitrogens with zero attached hydrogens (tertiary/aromatic N) is 5. The van der Waals surface area contributed by atoms with Gasteiger partial charge in [0, 0.05) is 24.5 Å². The highest BCUT2D eigenvalue weighted by Gasteiger charge is 2.30. The summed E-state index contributed by atoms with van der Waals surface area (Å²) in [6.07, 6.45) is 8.71. The van der Waals surface area contributed by atoms with Crippen molar-refractivity contribution >= 4 is 21.6 Å². The van der Waals surface area contributed by atoms with Gasteiger partial charge in [-0.1, -0.05) is 13.3 Å². The molecule has 154 valence electrons. The molecule has 0 saturated heterocycles. The molecule has 3 aromatic rings. The average Bonchev–Trinajstić information content (AvgIpc) is 3.34. The van der Waals surface area contributed by atoms with Gasteiger partial charge in [0.2, 0.25) is 10.0 Å². The van der Waals surface area contributed by atoms with Crippen LogP contribution in [-0.2, 0) is 29.5 Å². The lowest BCUT2D eigenvalue weighted by Crippen LogP contribution is -2.38. The molecule has 29 heavy (non-hydrogen) atoms. The van der Waals surface area contributed by atoms with Gasteiger partial charge in [0.05, 0.1) is 42.6 Å². The van der Waals surface area contributed by atoms with Crippen LogP contribution in [0.25, 0.3) is 5.65 Å². The Morgan fingerprint density at radius 1 is 1.34 bits per heavy atom. The van der Waals surface area contributed by atoms with Crippen LogP contribution in [-0.4, -0.2) is 55.5 Å². The third-order valence-electron chi connectivity index (χ3n) is 5.09. The highest BCUT2D eigenvalue weighted by atomic mass is 32.2. The number of fused-ring (bicyclic) bond motifs is 2. The molecule has 0 saturated carbocycles. The molecule has 0 atom stereocenters. The summed E-state index contributed by atoms with van der Waals surface area (Å²) in [7, 11) is -3.29. The normalized spacial score (nSPS) is 14.8. The fourth-order valence-electron chi connectivity index (χ4n) is 3.45. The van der Waals surface area contributed by atoms with Crippen molar-refractivity contribution in [3.8, 4) is 0 Å². The van der Waals surface area contributed by atoms with Gasteiger partial charge in [-0.05, 0) is 12.8 Å². The maximum atomic E-state index is 12.7. The molecule has 0 fully saturated rings. The van der Waals surface area contributed by atoms with Gasteiger partial charge in [-0.3, -0.25) is 19.3 Å². The van der Waals surface area contributed by atoms with Gasteiger partial charge in [0.15, 0.2) is 11.3 Å². The number of carbonyl (C=O) groups is 1. The van der Waals surface area contributed by atoms with E-state index in [0.29, 0.717) is 43.0 Å². The predicted molar refractivity (Wildman–Crippen MR) is 106 cm³/mol. The van der Waals surface area contributed by atoms with Crippen molar-refractivity contribution in [1.29, 1.82) is 0 Å². The van der Waals surface area contributed by atoms with Crippen LogP contribution in [0, 0.1) is 0 Å². The van der Waals surface area contributed by atoms with E-state index in [1.165, 1.54) is 4.31 Å². The number of nitrogens with one attached hydrogen (secondary N) is 2. The lowest BCUT2D eigenvalue weighted by Gasteiger charge is -2.26. The Morgan fingerprint density at radius 2 is 2.21 bits per heavy atom. The van der Waals surface area contributed by atoms with Gasteiger partial charge in [-0.15, -0.1) is 0 Å². The Morgan fingerprint density at radius 3 is 3.03 bits per heavy atom. The van der Waals surface area contributed by atoms with E-state index in [9.17, 15) is 13.2 Å². The summed E-state index contributed by atoms with van der Waals surface area (Å²) in [5.41, 5.74) is 3.32. The van der Waals surface area contributed by atoms with E-state index >= 15 is 0 Å². The first-order valence-corrected chi connectivity index (χ1v) is 11.2. The molecule has 1 aliphatic rings. The third-order valence-corrected chi connectivity index (χ3v) is 6.99. The molecule has 0 aromatic carbocycles. The number of imidazole rings is 1. The van der Waals surface area contributed by atoms with E-state index in [1.807, 2.05) is 11.3 Å². The van der Waals surface area contributed by atoms with E-state index in [-0.39, 0.29) is 18.2 Å². The second-order valence-electron chi connectivity index (χ2n) is 7.02. The lowest BCUT2D eigenvalue weighted by molar-refractivity contribution is 0.0944. The molecule has 2 N–H and O–H groups in total. The first kappa shape index (κ1) is 19.5. The highest BCUT2D eigenvalue weighted by molar-refractivity contribution is 7.89. The van der Waals surface area contributed by atoms with Crippen molar-refractivity contribution in [2.24, 2.45) is 0 Å². The predicted octanol–water partition coefficient (Wildman–Crippen LogP) is 0.870. The number of hydrogen-bond acceptors (Lipinski definition) is 6. The molecule has 0 bridgehead atoms. The Balaban J connectivity index is 1.44. The fourth-order valence-corrected chi connectivity index (χ4v) is 5.06. The minimum atomic E-state index is -3.29. The maximum Gasteiger partial charge on any atom is 0.272 e. The van der Waals surface area contributed by atoms with E-state index in [0.717, 1.165) is 17.7 Å². The largest absolute Gasteiger partial charge is 0.345 e. The summed E-state index contributed by atoms with van der Waals surface area (Å²) in [5.74, 6) is -0.149. The van der Waals surface area contributed by atoms with Gasteiger partial charge < -0.3 is 5.32 Å². The van der Waals surface area contributed by atoms with Gasteiger partial charge in [-0.25, -0.2) is 13.4 Å². The summed E-state index contributed by atoms with van der Waals surface area (Å²) in [6, 6.07) is 0. The lowest BCUT2D eigenvalue weighted by atomic mass is 10.1. The van der Waals surface area contributed by atoms with Crippen LogP contribution in [0.5, 0.6) is 0 Å².